The molecule has 0 saturated heterocycles. The Morgan fingerprint density at radius 1 is 1.09 bits per heavy atom. The van der Waals surface area contributed by atoms with Gasteiger partial charge in [0.15, 0.2) is 5.84 Å². The first-order chi connectivity index (χ1) is 23.3. The van der Waals surface area contributed by atoms with Crippen molar-refractivity contribution in [2.45, 2.75) is 52.9 Å². The van der Waals surface area contributed by atoms with E-state index in [0.29, 0.717) is 22.3 Å². The predicted octanol–water partition coefficient (Wildman–Crippen LogP) is 7.02. The lowest BCUT2D eigenvalue weighted by atomic mass is 9.98. The second-order valence-electron chi connectivity index (χ2n) is 10.2. The quantitative estimate of drug-likeness (QED) is 0.0552. The molecule has 1 amide bonds. The van der Waals surface area contributed by atoms with E-state index in [-0.39, 0.29) is 47.5 Å². The zero-order chi connectivity index (χ0) is 35.8. The number of nitrogens with zero attached hydrogens (tertiary/aromatic N) is 3. The van der Waals surface area contributed by atoms with Crippen LogP contribution in [0.15, 0.2) is 71.9 Å². The third kappa shape index (κ3) is 7.55. The summed E-state index contributed by atoms with van der Waals surface area (Å²) in [7, 11) is 1.23. The molecule has 0 spiro atoms. The lowest BCUT2D eigenvalue weighted by Gasteiger charge is -2.16. The number of unbranched alkanes of at least 4 members (excludes halogenated alkanes) is 1. The lowest BCUT2D eigenvalue weighted by molar-refractivity contribution is 0.0602. The maximum Gasteiger partial charge on any atom is 0.412 e. The number of esters is 1. The number of amides is 1. The molecule has 232 valence electrons. The number of hydrogen-bond donors (Lipinski definition) is 2. The van der Waals surface area contributed by atoms with Gasteiger partial charge in [0.05, 0.1) is 46.2 Å². The normalized spacial score (nSPS) is 14.4. The fourth-order valence-corrected chi connectivity index (χ4v) is 4.99. The van der Waals surface area contributed by atoms with E-state index in [1.54, 1.807) is 60.7 Å². The molecule has 0 aliphatic rings. The Hall–Kier alpha value is -4.86. The minimum absolute atomic E-state index is 0.0204. The summed E-state index contributed by atoms with van der Waals surface area (Å²) in [5.41, 5.74) is 3.16. The van der Waals surface area contributed by atoms with E-state index in [1.807, 2.05) is 6.92 Å². The highest BCUT2D eigenvalue weighted by atomic mass is 16.5. The molecule has 10 nitrogen and oxygen atoms in total. The highest BCUT2D eigenvalue weighted by molar-refractivity contribution is 6.10. The van der Waals surface area contributed by atoms with Gasteiger partial charge in [0.2, 0.25) is 0 Å². The van der Waals surface area contributed by atoms with Gasteiger partial charge in [-0.2, -0.15) is 4.98 Å². The first-order valence-electron chi connectivity index (χ1n) is 16.9. The number of oxime groups is 1. The van der Waals surface area contributed by atoms with Crippen molar-refractivity contribution in [1.82, 2.24) is 14.9 Å². The number of hydrogen-bond acceptors (Lipinski definition) is 8. The van der Waals surface area contributed by atoms with Crippen molar-refractivity contribution in [3.05, 3.63) is 83.4 Å². The van der Waals surface area contributed by atoms with Crippen LogP contribution in [0.25, 0.3) is 22.2 Å². The van der Waals surface area contributed by atoms with Crippen molar-refractivity contribution in [2.75, 3.05) is 20.3 Å². The minimum Gasteiger partial charge on any atom is -0.465 e. The molecule has 0 aliphatic heterocycles. The van der Waals surface area contributed by atoms with Crippen LogP contribution in [0.2, 0.25) is 0 Å². The van der Waals surface area contributed by atoms with Crippen LogP contribution < -0.4 is 10.1 Å². The number of benzene rings is 3. The van der Waals surface area contributed by atoms with Gasteiger partial charge in [-0.05, 0) is 48.0 Å². The van der Waals surface area contributed by atoms with Crippen molar-refractivity contribution in [1.29, 1.82) is 0 Å². The predicted molar refractivity (Wildman–Crippen MR) is 169 cm³/mol. The minimum atomic E-state index is -3.12. The van der Waals surface area contributed by atoms with Crippen LogP contribution in [0.4, 0.5) is 4.79 Å². The standard InChI is InChI=1S/C34H40N4O6/c1-5-8-12-23(6-2)22-44-34(40)36-31(37-41)27-14-10-9-13-26(27)25-19-17-24(18-20-25)21-38-30-28(32(39)42-4)15-11-16-29(30)35-33(38)43-7-3/h9-11,13-20,23,41H,5-8,12,21-22H2,1-4H3,(H,36,37,40)/i3D3,7D2. The number of nitrogens with one attached hydrogen (secondary N) is 1. The number of rotatable bonds is 13. The summed E-state index contributed by atoms with van der Waals surface area (Å²) in [6.07, 6.45) is 3.20. The van der Waals surface area contributed by atoms with Gasteiger partial charge in [0, 0.05) is 9.68 Å². The molecule has 0 saturated carbocycles. The number of fused-ring (bicyclic) bond motifs is 1. The van der Waals surface area contributed by atoms with Crippen LogP contribution in [0, 0.1) is 5.92 Å². The number of alkyl carbamates (subject to hydrolysis) is 1. The molecule has 4 aromatic rings. The number of aromatic nitrogens is 2. The smallest absolute Gasteiger partial charge is 0.412 e. The number of amidine groups is 1. The van der Waals surface area contributed by atoms with Gasteiger partial charge in [-0.1, -0.05) is 92.9 Å². The summed E-state index contributed by atoms with van der Waals surface area (Å²) in [4.78, 5) is 29.6. The summed E-state index contributed by atoms with van der Waals surface area (Å²) in [5.74, 6) is -0.509. The Morgan fingerprint density at radius 2 is 1.86 bits per heavy atom. The topological polar surface area (TPSA) is 124 Å². The average Bonchev–Trinajstić information content (AvgIpc) is 3.42. The molecule has 0 bridgehead atoms. The molecule has 2 N–H and O–H groups in total. The summed E-state index contributed by atoms with van der Waals surface area (Å²) >= 11 is 0. The largest absolute Gasteiger partial charge is 0.465 e. The van der Waals surface area contributed by atoms with E-state index in [9.17, 15) is 14.8 Å². The van der Waals surface area contributed by atoms with E-state index in [2.05, 4.69) is 22.4 Å². The van der Waals surface area contributed by atoms with Crippen molar-refractivity contribution < 1.29 is 35.9 Å². The molecule has 44 heavy (non-hydrogen) atoms. The van der Waals surface area contributed by atoms with Gasteiger partial charge in [0.1, 0.15) is 0 Å². The van der Waals surface area contributed by atoms with E-state index >= 15 is 0 Å². The Labute approximate surface area is 264 Å². The highest BCUT2D eigenvalue weighted by Crippen LogP contribution is 2.29. The first kappa shape index (κ1) is 25.6. The zero-order valence-electron chi connectivity index (χ0n) is 30.0. The van der Waals surface area contributed by atoms with Crippen molar-refractivity contribution in [2.24, 2.45) is 11.1 Å². The van der Waals surface area contributed by atoms with Gasteiger partial charge in [-0.25, -0.2) is 9.59 Å². The Balaban J connectivity index is 1.63. The monoisotopic (exact) mass is 605 g/mol. The molecule has 1 aromatic heterocycles. The van der Waals surface area contributed by atoms with Crippen molar-refractivity contribution >= 4 is 28.9 Å². The third-order valence-electron chi connectivity index (χ3n) is 7.38. The number of carbonyl (C=O) groups is 2. The maximum absolute atomic E-state index is 12.7. The van der Waals surface area contributed by atoms with E-state index in [0.717, 1.165) is 25.7 Å². The number of methoxy groups -OCH3 is 1. The van der Waals surface area contributed by atoms with Gasteiger partial charge in [-0.3, -0.25) is 9.88 Å². The fourth-order valence-electron chi connectivity index (χ4n) is 4.99. The van der Waals surface area contributed by atoms with Crippen molar-refractivity contribution in [3.63, 3.8) is 0 Å². The molecular weight excluding hydrogens is 560 g/mol. The van der Waals surface area contributed by atoms with Gasteiger partial charge in [0.25, 0.3) is 6.01 Å². The molecule has 0 radical (unpaired) electrons. The summed E-state index contributed by atoms with van der Waals surface area (Å²) in [6, 6.07) is 18.5. The van der Waals surface area contributed by atoms with Gasteiger partial charge < -0.3 is 19.4 Å². The molecular formula is C34H40N4O6. The SMILES string of the molecule is [2H]C([2H])([2H])C([2H])([2H])Oc1nc2cccc(C(=O)OC)c2n1Cc1ccc(-c2ccccc2C(=NO)NC(=O)OCC(CC)CCCC)cc1. The molecule has 1 heterocycles. The summed E-state index contributed by atoms with van der Waals surface area (Å²) in [5, 5.41) is 15.7. The average molecular weight is 606 g/mol. The molecule has 3 aromatic carbocycles. The van der Waals surface area contributed by atoms with Gasteiger partial charge >= 0.3 is 12.1 Å². The first-order valence-corrected chi connectivity index (χ1v) is 14.4. The van der Waals surface area contributed by atoms with Crippen LogP contribution in [0.1, 0.15) is 74.7 Å². The maximum atomic E-state index is 12.7. The van der Waals surface area contributed by atoms with E-state index < -0.39 is 25.5 Å². The number of ether oxygens (including phenoxy) is 3. The number of carbonyl (C=O) groups excluding carboxylic acids is 2. The molecule has 10 heteroatoms. The van der Waals surface area contributed by atoms with Crippen LogP contribution in [-0.2, 0) is 16.0 Å². The summed E-state index contributed by atoms with van der Waals surface area (Å²) in [6.45, 7) is -1.77. The molecule has 1 unspecified atom stereocenters. The summed E-state index contributed by atoms with van der Waals surface area (Å²) < 4.78 is 56.0. The van der Waals surface area contributed by atoms with Gasteiger partial charge in [-0.15, -0.1) is 0 Å². The second-order valence-corrected chi connectivity index (χ2v) is 10.2. The lowest BCUT2D eigenvalue weighted by Crippen LogP contribution is -2.33. The van der Waals surface area contributed by atoms with Crippen LogP contribution in [0.5, 0.6) is 6.01 Å². The highest BCUT2D eigenvalue weighted by Gasteiger charge is 2.20. The van der Waals surface area contributed by atoms with Crippen LogP contribution >= 0.6 is 0 Å². The van der Waals surface area contributed by atoms with E-state index in [1.165, 1.54) is 17.7 Å². The molecule has 0 fully saturated rings. The third-order valence-corrected chi connectivity index (χ3v) is 7.38. The van der Waals surface area contributed by atoms with Crippen LogP contribution in [-0.4, -0.2) is 52.9 Å². The second kappa shape index (κ2) is 15.6. The fraction of sp³-hybridized carbons (Fsp3) is 0.353. The van der Waals surface area contributed by atoms with Crippen molar-refractivity contribution in [3.8, 4) is 17.1 Å². The number of para-hydroxylation sites is 1. The van der Waals surface area contributed by atoms with Crippen LogP contribution in [0.3, 0.4) is 0 Å². The Morgan fingerprint density at radius 3 is 2.57 bits per heavy atom. The molecule has 0 aliphatic carbocycles. The van der Waals surface area contributed by atoms with E-state index in [4.69, 9.17) is 21.1 Å². The molecule has 4 rings (SSSR count). The Bertz CT molecular complexity index is 1790. The Kier molecular flexibility index (Phi) is 9.06. The molecule has 1 atom stereocenters. The zero-order valence-corrected chi connectivity index (χ0v) is 25.0. The number of imidazole rings is 1.